The molecule has 0 bridgehead atoms. The maximum atomic E-state index is 10.4. The molecule has 0 amide bonds. The first-order chi connectivity index (χ1) is 10.2. The second-order valence-corrected chi connectivity index (χ2v) is 6.72. The Bertz CT molecular complexity index is 241. The number of carboxylic acids is 1. The first-order valence-corrected chi connectivity index (χ1v) is 9.38. The van der Waals surface area contributed by atoms with E-state index >= 15 is 0 Å². The molecule has 0 aliphatic heterocycles. The van der Waals surface area contributed by atoms with Gasteiger partial charge in [-0.15, -0.1) is 0 Å². The monoisotopic (exact) mass is 324 g/mol. The van der Waals surface area contributed by atoms with Crippen LogP contribution in [0.25, 0.3) is 0 Å². The Morgan fingerprint density at radius 2 is 1.23 bits per heavy atom. The Labute approximate surface area is 158 Å². The maximum Gasteiger partial charge on any atom is 2.00 e. The summed E-state index contributed by atoms with van der Waals surface area (Å²) in [4.78, 5) is 10.4. The zero-order valence-electron chi connectivity index (χ0n) is 17.2. The minimum Gasteiger partial charge on any atom is -1.00 e. The van der Waals surface area contributed by atoms with Crippen LogP contribution in [-0.2, 0) is 4.79 Å². The van der Waals surface area contributed by atoms with Crippen LogP contribution in [0.3, 0.4) is 0 Å². The SMILES string of the molecule is CCCCCCCCCCCCC(C)CCCCC(=O)O.[H-].[H-].[Mg+2]. The summed E-state index contributed by atoms with van der Waals surface area (Å²) in [6.45, 7) is 4.58. The molecule has 0 radical (unpaired) electrons. The van der Waals surface area contributed by atoms with Gasteiger partial charge in [-0.3, -0.25) is 4.79 Å². The molecule has 1 atom stereocenters. The molecule has 0 aromatic rings. The summed E-state index contributed by atoms with van der Waals surface area (Å²) in [7, 11) is 0. The van der Waals surface area contributed by atoms with Crippen molar-refractivity contribution in [3.05, 3.63) is 0 Å². The molecule has 1 unspecified atom stereocenters. The van der Waals surface area contributed by atoms with E-state index in [1.165, 1.54) is 77.0 Å². The molecule has 1 N–H and O–H groups in total. The average molecular weight is 325 g/mol. The van der Waals surface area contributed by atoms with E-state index in [2.05, 4.69) is 13.8 Å². The minimum absolute atomic E-state index is 0. The van der Waals surface area contributed by atoms with Crippen molar-refractivity contribution in [1.29, 1.82) is 0 Å². The zero-order chi connectivity index (χ0) is 15.8. The van der Waals surface area contributed by atoms with Gasteiger partial charge in [0, 0.05) is 6.42 Å². The second-order valence-electron chi connectivity index (χ2n) is 6.72. The van der Waals surface area contributed by atoms with Gasteiger partial charge in [0.15, 0.2) is 0 Å². The smallest absolute Gasteiger partial charge is 1.00 e. The van der Waals surface area contributed by atoms with E-state index < -0.39 is 5.97 Å². The van der Waals surface area contributed by atoms with Crippen LogP contribution >= 0.6 is 0 Å². The van der Waals surface area contributed by atoms with Crippen molar-refractivity contribution in [2.45, 2.75) is 110 Å². The van der Waals surface area contributed by atoms with Crippen molar-refractivity contribution in [2.24, 2.45) is 5.92 Å². The van der Waals surface area contributed by atoms with Gasteiger partial charge in [-0.2, -0.15) is 0 Å². The van der Waals surface area contributed by atoms with Gasteiger partial charge >= 0.3 is 29.0 Å². The molecule has 0 spiro atoms. The molecule has 3 heteroatoms. The summed E-state index contributed by atoms with van der Waals surface area (Å²) < 4.78 is 0. The number of aliphatic carboxylic acids is 1. The van der Waals surface area contributed by atoms with Gasteiger partial charge in [-0.25, -0.2) is 0 Å². The van der Waals surface area contributed by atoms with Crippen molar-refractivity contribution in [3.8, 4) is 0 Å². The quantitative estimate of drug-likeness (QED) is 0.262. The molecule has 130 valence electrons. The Kier molecular flexibility index (Phi) is 21.5. The van der Waals surface area contributed by atoms with Crippen LogP contribution in [0.15, 0.2) is 0 Å². The van der Waals surface area contributed by atoms with Crippen molar-refractivity contribution in [3.63, 3.8) is 0 Å². The molecule has 0 fully saturated rings. The molecular formula is C19H40MgO2. The summed E-state index contributed by atoms with van der Waals surface area (Å²) in [5, 5.41) is 8.58. The first kappa shape index (κ1) is 24.5. The standard InChI is InChI=1S/C19H38O2.Mg.2H/c1-3-4-5-6-7-8-9-10-11-12-15-18(2)16-13-14-17-19(20)21;;;/h18H,3-17H2,1-2H3,(H,20,21);;;/q;+2;2*-1. The summed E-state index contributed by atoms with van der Waals surface area (Å²) in [5.74, 6) is 0.116. The summed E-state index contributed by atoms with van der Waals surface area (Å²) >= 11 is 0. The summed E-state index contributed by atoms with van der Waals surface area (Å²) in [5.41, 5.74) is 0. The number of carboxylic acid groups (broad SMARTS) is 1. The largest absolute Gasteiger partial charge is 2.00 e. The number of hydrogen-bond donors (Lipinski definition) is 1. The van der Waals surface area contributed by atoms with Crippen molar-refractivity contribution in [2.75, 3.05) is 0 Å². The predicted octanol–water partition coefficient (Wildman–Crippen LogP) is 6.42. The van der Waals surface area contributed by atoms with Crippen LogP contribution in [0.2, 0.25) is 0 Å². The van der Waals surface area contributed by atoms with Gasteiger partial charge in [-0.05, 0) is 12.3 Å². The van der Waals surface area contributed by atoms with Crippen LogP contribution in [-0.4, -0.2) is 34.1 Å². The second kappa shape index (κ2) is 19.3. The molecule has 0 aromatic carbocycles. The van der Waals surface area contributed by atoms with E-state index in [1.807, 2.05) is 0 Å². The Morgan fingerprint density at radius 1 is 0.818 bits per heavy atom. The fourth-order valence-corrected chi connectivity index (χ4v) is 2.89. The topological polar surface area (TPSA) is 37.3 Å². The molecule has 0 aliphatic carbocycles. The first-order valence-electron chi connectivity index (χ1n) is 9.38. The van der Waals surface area contributed by atoms with Crippen molar-refractivity contribution < 1.29 is 12.8 Å². The van der Waals surface area contributed by atoms with Crippen LogP contribution in [0, 0.1) is 5.92 Å². The summed E-state index contributed by atoms with van der Waals surface area (Å²) in [6, 6.07) is 0. The van der Waals surface area contributed by atoms with E-state index in [0.29, 0.717) is 6.42 Å². The van der Waals surface area contributed by atoms with Crippen LogP contribution in [0.1, 0.15) is 113 Å². The number of carbonyl (C=O) groups is 1. The molecule has 22 heavy (non-hydrogen) atoms. The van der Waals surface area contributed by atoms with Gasteiger partial charge in [-0.1, -0.05) is 97.3 Å². The molecule has 0 rings (SSSR count). The number of rotatable bonds is 16. The molecule has 2 nitrogen and oxygen atoms in total. The average Bonchev–Trinajstić information content (AvgIpc) is 2.45. The van der Waals surface area contributed by atoms with Gasteiger partial charge in [0.25, 0.3) is 0 Å². The third-order valence-corrected chi connectivity index (χ3v) is 4.39. The molecular weight excluding hydrogens is 285 g/mol. The van der Waals surface area contributed by atoms with Gasteiger partial charge in [0.2, 0.25) is 0 Å². The molecule has 0 saturated carbocycles. The number of hydrogen-bond acceptors (Lipinski definition) is 1. The van der Waals surface area contributed by atoms with Crippen LogP contribution < -0.4 is 0 Å². The Morgan fingerprint density at radius 3 is 1.68 bits per heavy atom. The van der Waals surface area contributed by atoms with E-state index in [9.17, 15) is 4.79 Å². The third-order valence-electron chi connectivity index (χ3n) is 4.39. The third kappa shape index (κ3) is 20.2. The van der Waals surface area contributed by atoms with Crippen molar-refractivity contribution in [1.82, 2.24) is 0 Å². The molecule has 0 heterocycles. The maximum absolute atomic E-state index is 10.4. The fraction of sp³-hybridized carbons (Fsp3) is 0.947. The minimum atomic E-state index is -0.655. The van der Waals surface area contributed by atoms with Gasteiger partial charge in [0.1, 0.15) is 0 Å². The van der Waals surface area contributed by atoms with Gasteiger partial charge in [0.05, 0.1) is 0 Å². The van der Waals surface area contributed by atoms with Crippen molar-refractivity contribution >= 4 is 29.0 Å². The Hall–Kier alpha value is 0.236. The predicted molar refractivity (Wildman–Crippen MR) is 99.7 cm³/mol. The summed E-state index contributed by atoms with van der Waals surface area (Å²) in [6.07, 6.45) is 18.8. The fourth-order valence-electron chi connectivity index (χ4n) is 2.89. The molecule has 0 aliphatic rings. The molecule has 0 aromatic heterocycles. The van der Waals surface area contributed by atoms with E-state index in [4.69, 9.17) is 5.11 Å². The molecule has 0 saturated heterocycles. The normalized spacial score (nSPS) is 11.9. The van der Waals surface area contributed by atoms with E-state index in [0.717, 1.165) is 18.8 Å². The zero-order valence-corrected chi connectivity index (χ0v) is 16.7. The van der Waals surface area contributed by atoms with Crippen LogP contribution in [0.4, 0.5) is 0 Å². The van der Waals surface area contributed by atoms with Crippen LogP contribution in [0.5, 0.6) is 0 Å². The van der Waals surface area contributed by atoms with E-state index in [-0.39, 0.29) is 25.9 Å². The van der Waals surface area contributed by atoms with E-state index in [1.54, 1.807) is 0 Å². The van der Waals surface area contributed by atoms with Gasteiger partial charge < -0.3 is 7.96 Å². The number of unbranched alkanes of at least 4 members (excludes halogenated alkanes) is 10. The Balaban J connectivity index is -0.000000667.